The summed E-state index contributed by atoms with van der Waals surface area (Å²) in [4.78, 5) is 37.1. The van der Waals surface area contributed by atoms with Crippen LogP contribution in [0, 0.1) is 5.82 Å². The van der Waals surface area contributed by atoms with Crippen molar-refractivity contribution in [2.24, 2.45) is 0 Å². The lowest BCUT2D eigenvalue weighted by molar-refractivity contribution is -0.122. The first-order valence-corrected chi connectivity index (χ1v) is 8.60. The summed E-state index contributed by atoms with van der Waals surface area (Å²) in [6.07, 6.45) is 0. The molecule has 7 heteroatoms. The number of fused-ring (bicyclic) bond motifs is 1. The molecule has 0 unspecified atom stereocenters. The predicted octanol–water partition coefficient (Wildman–Crippen LogP) is 2.87. The maximum absolute atomic E-state index is 13.7. The van der Waals surface area contributed by atoms with Gasteiger partial charge in [-0.15, -0.1) is 0 Å². The molecule has 0 fully saturated rings. The highest BCUT2D eigenvalue weighted by Crippen LogP contribution is 2.41. The predicted molar refractivity (Wildman–Crippen MR) is 102 cm³/mol. The maximum Gasteiger partial charge on any atom is 0.269 e. The number of methoxy groups -OCH3 is 1. The van der Waals surface area contributed by atoms with Crippen LogP contribution >= 0.6 is 0 Å². The summed E-state index contributed by atoms with van der Waals surface area (Å²) in [6, 6.07) is 11.0. The maximum atomic E-state index is 13.7. The summed E-state index contributed by atoms with van der Waals surface area (Å²) in [5.41, 5.74) is 2.22. The molecule has 1 heterocycles. The van der Waals surface area contributed by atoms with Gasteiger partial charge in [-0.05, 0) is 29.8 Å². The third-order valence-electron chi connectivity index (χ3n) is 4.36. The molecule has 0 bridgehead atoms. The molecule has 1 aliphatic heterocycles. The summed E-state index contributed by atoms with van der Waals surface area (Å²) in [5.74, 6) is -1.52. The Morgan fingerprint density at radius 2 is 1.89 bits per heavy atom. The summed E-state index contributed by atoms with van der Waals surface area (Å²) in [5, 5.41) is 2.71. The molecule has 2 aromatic rings. The van der Waals surface area contributed by atoms with Crippen molar-refractivity contribution >= 4 is 34.7 Å². The Kier molecular flexibility index (Phi) is 5.26. The minimum absolute atomic E-state index is 0.158. The van der Waals surface area contributed by atoms with Gasteiger partial charge in [0.2, 0.25) is 11.8 Å². The molecule has 6 nitrogen and oxygen atoms in total. The first kappa shape index (κ1) is 19.3. The SMILES string of the molecule is CO/C(=C1/C(=O)N(C(C)=O)c2cc(F)ccc21)c1cccc(CNC(C)=O)c1. The summed E-state index contributed by atoms with van der Waals surface area (Å²) < 4.78 is 19.3. The number of rotatable bonds is 4. The van der Waals surface area contributed by atoms with Gasteiger partial charge in [-0.2, -0.15) is 0 Å². The van der Waals surface area contributed by atoms with E-state index in [0.29, 0.717) is 17.7 Å². The number of carbonyl (C=O) groups excluding carboxylic acids is 3. The van der Waals surface area contributed by atoms with Gasteiger partial charge in [0.15, 0.2) is 0 Å². The van der Waals surface area contributed by atoms with E-state index in [-0.39, 0.29) is 22.9 Å². The lowest BCUT2D eigenvalue weighted by atomic mass is 10.0. The van der Waals surface area contributed by atoms with Crippen LogP contribution in [0.4, 0.5) is 10.1 Å². The highest BCUT2D eigenvalue weighted by molar-refractivity contribution is 6.42. The van der Waals surface area contributed by atoms with Crippen molar-refractivity contribution in [1.82, 2.24) is 5.32 Å². The van der Waals surface area contributed by atoms with Crippen LogP contribution in [0.25, 0.3) is 11.3 Å². The fourth-order valence-electron chi connectivity index (χ4n) is 3.18. The van der Waals surface area contributed by atoms with Crippen LogP contribution in [-0.2, 0) is 25.7 Å². The van der Waals surface area contributed by atoms with Gasteiger partial charge in [-0.1, -0.05) is 18.2 Å². The van der Waals surface area contributed by atoms with Gasteiger partial charge in [0.25, 0.3) is 5.91 Å². The first-order valence-electron chi connectivity index (χ1n) is 8.60. The lowest BCUT2D eigenvalue weighted by Gasteiger charge is -2.13. The van der Waals surface area contributed by atoms with Gasteiger partial charge in [-0.3, -0.25) is 14.4 Å². The van der Waals surface area contributed by atoms with E-state index in [1.54, 1.807) is 18.2 Å². The monoisotopic (exact) mass is 382 g/mol. The molecule has 3 amide bonds. The fraction of sp³-hybridized carbons (Fsp3) is 0.190. The second-order valence-electron chi connectivity index (χ2n) is 6.34. The number of halogens is 1. The van der Waals surface area contributed by atoms with Gasteiger partial charge < -0.3 is 10.1 Å². The number of ether oxygens (including phenoxy) is 1. The molecule has 2 aromatic carbocycles. The van der Waals surface area contributed by atoms with E-state index in [2.05, 4.69) is 5.32 Å². The number of anilines is 1. The van der Waals surface area contributed by atoms with Crippen molar-refractivity contribution < 1.29 is 23.5 Å². The normalized spacial score (nSPS) is 14.6. The Bertz CT molecular complexity index is 1010. The number of nitrogens with zero attached hydrogens (tertiary/aromatic N) is 1. The molecular weight excluding hydrogens is 363 g/mol. The molecule has 1 aliphatic rings. The molecule has 0 saturated carbocycles. The molecule has 0 saturated heterocycles. The Hall–Kier alpha value is -3.48. The van der Waals surface area contributed by atoms with E-state index >= 15 is 0 Å². The van der Waals surface area contributed by atoms with Crippen LogP contribution in [0.1, 0.15) is 30.5 Å². The Balaban J connectivity index is 2.15. The third-order valence-corrected chi connectivity index (χ3v) is 4.36. The zero-order valence-corrected chi connectivity index (χ0v) is 15.7. The van der Waals surface area contributed by atoms with E-state index in [4.69, 9.17) is 4.74 Å². The summed E-state index contributed by atoms with van der Waals surface area (Å²) >= 11 is 0. The number of hydrogen-bond donors (Lipinski definition) is 1. The van der Waals surface area contributed by atoms with Gasteiger partial charge >= 0.3 is 0 Å². The molecule has 3 rings (SSSR count). The molecule has 144 valence electrons. The second kappa shape index (κ2) is 7.64. The highest BCUT2D eigenvalue weighted by Gasteiger charge is 2.38. The van der Waals surface area contributed by atoms with E-state index in [1.807, 2.05) is 6.07 Å². The second-order valence-corrected chi connectivity index (χ2v) is 6.34. The number of hydrogen-bond acceptors (Lipinski definition) is 4. The van der Waals surface area contributed by atoms with Crippen LogP contribution in [0.15, 0.2) is 42.5 Å². The number of carbonyl (C=O) groups is 3. The first-order chi connectivity index (χ1) is 13.3. The largest absolute Gasteiger partial charge is 0.495 e. The van der Waals surface area contributed by atoms with Crippen LogP contribution < -0.4 is 10.2 Å². The van der Waals surface area contributed by atoms with Crippen LogP contribution in [0.3, 0.4) is 0 Å². The summed E-state index contributed by atoms with van der Waals surface area (Å²) in [6.45, 7) is 3.00. The number of nitrogens with one attached hydrogen (secondary N) is 1. The standard InChI is InChI=1S/C21H19FN2O4/c1-12(25)23-11-14-5-4-6-15(9-14)20(28-3)19-17-8-7-16(22)10-18(17)24(13(2)26)21(19)27/h4-10H,11H2,1-3H3,(H,23,25)/b20-19+. The zero-order chi connectivity index (χ0) is 20.4. The molecular formula is C21H19FN2O4. The Morgan fingerprint density at radius 1 is 1.14 bits per heavy atom. The molecule has 0 aromatic heterocycles. The molecule has 0 radical (unpaired) electrons. The summed E-state index contributed by atoms with van der Waals surface area (Å²) in [7, 11) is 1.43. The van der Waals surface area contributed by atoms with Crippen LogP contribution in [-0.4, -0.2) is 24.8 Å². The van der Waals surface area contributed by atoms with Crippen molar-refractivity contribution in [2.75, 3.05) is 12.0 Å². The Morgan fingerprint density at radius 3 is 2.54 bits per heavy atom. The van der Waals surface area contributed by atoms with E-state index in [0.717, 1.165) is 16.5 Å². The molecule has 0 atom stereocenters. The average Bonchev–Trinajstić information content (AvgIpc) is 2.93. The number of amides is 3. The van der Waals surface area contributed by atoms with Crippen molar-refractivity contribution in [3.8, 4) is 0 Å². The van der Waals surface area contributed by atoms with Crippen molar-refractivity contribution in [3.05, 3.63) is 65.0 Å². The quantitative estimate of drug-likeness (QED) is 0.652. The van der Waals surface area contributed by atoms with E-state index in [9.17, 15) is 18.8 Å². The number of imide groups is 1. The average molecular weight is 382 g/mol. The highest BCUT2D eigenvalue weighted by atomic mass is 19.1. The minimum Gasteiger partial charge on any atom is -0.495 e. The van der Waals surface area contributed by atoms with Crippen molar-refractivity contribution in [2.45, 2.75) is 20.4 Å². The minimum atomic E-state index is -0.572. The molecule has 0 spiro atoms. The Labute approximate surface area is 161 Å². The topological polar surface area (TPSA) is 75.7 Å². The third kappa shape index (κ3) is 3.51. The van der Waals surface area contributed by atoms with Gasteiger partial charge in [-0.25, -0.2) is 9.29 Å². The van der Waals surface area contributed by atoms with E-state index in [1.165, 1.54) is 33.1 Å². The van der Waals surface area contributed by atoms with E-state index < -0.39 is 17.6 Å². The molecule has 1 N–H and O–H groups in total. The smallest absolute Gasteiger partial charge is 0.269 e. The van der Waals surface area contributed by atoms with Gasteiger partial charge in [0.05, 0.1) is 18.4 Å². The van der Waals surface area contributed by atoms with Gasteiger partial charge in [0, 0.05) is 31.5 Å². The lowest BCUT2D eigenvalue weighted by Crippen LogP contribution is -2.31. The fourth-order valence-corrected chi connectivity index (χ4v) is 3.18. The van der Waals surface area contributed by atoms with Crippen LogP contribution in [0.5, 0.6) is 0 Å². The van der Waals surface area contributed by atoms with Gasteiger partial charge in [0.1, 0.15) is 11.6 Å². The number of benzene rings is 2. The molecule has 28 heavy (non-hydrogen) atoms. The zero-order valence-electron chi connectivity index (χ0n) is 15.7. The molecule has 0 aliphatic carbocycles. The van der Waals surface area contributed by atoms with Crippen molar-refractivity contribution in [1.29, 1.82) is 0 Å². The van der Waals surface area contributed by atoms with Crippen LogP contribution in [0.2, 0.25) is 0 Å². The van der Waals surface area contributed by atoms with Crippen molar-refractivity contribution in [3.63, 3.8) is 0 Å².